The van der Waals surface area contributed by atoms with Gasteiger partial charge in [0.1, 0.15) is 5.75 Å². The molecule has 25 heavy (non-hydrogen) atoms. The summed E-state index contributed by atoms with van der Waals surface area (Å²) in [5.74, 6) is -0.136. The molecule has 0 atom stereocenters. The minimum absolute atomic E-state index is 0.107. The van der Waals surface area contributed by atoms with Crippen LogP contribution in [0.2, 0.25) is 0 Å². The molecule has 0 radical (unpaired) electrons. The van der Waals surface area contributed by atoms with E-state index < -0.39 is 0 Å². The number of hydrogen-bond donors (Lipinski definition) is 3. The van der Waals surface area contributed by atoms with E-state index in [4.69, 9.17) is 0 Å². The van der Waals surface area contributed by atoms with E-state index in [-0.39, 0.29) is 18.2 Å². The first-order chi connectivity index (χ1) is 12.1. The molecule has 126 valence electrons. The van der Waals surface area contributed by atoms with Gasteiger partial charge in [0.15, 0.2) is 0 Å². The lowest BCUT2D eigenvalue weighted by molar-refractivity contribution is -0.119. The zero-order valence-electron chi connectivity index (χ0n) is 13.9. The minimum atomic E-state index is -0.268. The molecule has 0 heterocycles. The molecule has 0 saturated heterocycles. The van der Waals surface area contributed by atoms with Gasteiger partial charge in [0, 0.05) is 11.3 Å². The number of nitrogens with one attached hydrogen (secondary N) is 2. The molecular weight excluding hydrogens is 314 g/mol. The van der Waals surface area contributed by atoms with Crippen LogP contribution in [-0.4, -0.2) is 23.8 Å². The predicted octanol–water partition coefficient (Wildman–Crippen LogP) is 3.42. The van der Waals surface area contributed by atoms with E-state index in [9.17, 15) is 9.90 Å². The van der Waals surface area contributed by atoms with Gasteiger partial charge in [0.2, 0.25) is 0 Å². The third-order valence-corrected chi connectivity index (χ3v) is 3.78. The second-order valence-corrected chi connectivity index (χ2v) is 5.77. The lowest BCUT2D eigenvalue weighted by Gasteiger charge is -2.07. The van der Waals surface area contributed by atoms with Crippen LogP contribution in [0.3, 0.4) is 0 Å². The number of aromatic hydroxyl groups is 1. The number of hydrazone groups is 1. The molecule has 5 heteroatoms. The minimum Gasteiger partial charge on any atom is -0.507 e. The Balaban J connectivity index is 1.54. The molecule has 3 N–H and O–H groups in total. The fourth-order valence-corrected chi connectivity index (χ4v) is 2.46. The van der Waals surface area contributed by atoms with Crippen molar-refractivity contribution in [1.29, 1.82) is 0 Å². The van der Waals surface area contributed by atoms with Crippen molar-refractivity contribution >= 4 is 28.6 Å². The van der Waals surface area contributed by atoms with Crippen LogP contribution in [0.15, 0.2) is 65.8 Å². The van der Waals surface area contributed by atoms with E-state index in [1.807, 2.05) is 55.5 Å². The monoisotopic (exact) mass is 333 g/mol. The highest BCUT2D eigenvalue weighted by molar-refractivity contribution is 5.88. The second kappa shape index (κ2) is 7.49. The molecule has 0 aromatic heterocycles. The van der Waals surface area contributed by atoms with Crippen molar-refractivity contribution in [2.24, 2.45) is 5.10 Å². The predicted molar refractivity (Wildman–Crippen MR) is 101 cm³/mol. The van der Waals surface area contributed by atoms with Crippen molar-refractivity contribution in [2.75, 3.05) is 11.9 Å². The van der Waals surface area contributed by atoms with Gasteiger partial charge in [0.25, 0.3) is 5.91 Å². The van der Waals surface area contributed by atoms with Crippen molar-refractivity contribution < 1.29 is 9.90 Å². The number of anilines is 1. The number of hydrogen-bond acceptors (Lipinski definition) is 4. The van der Waals surface area contributed by atoms with Gasteiger partial charge in [-0.3, -0.25) is 4.79 Å². The number of phenols is 1. The Morgan fingerprint density at radius 2 is 1.88 bits per heavy atom. The molecule has 3 aromatic rings. The van der Waals surface area contributed by atoms with Crippen LogP contribution in [0.5, 0.6) is 5.75 Å². The molecule has 3 aromatic carbocycles. The fourth-order valence-electron chi connectivity index (χ4n) is 2.46. The maximum atomic E-state index is 11.9. The molecule has 0 saturated carbocycles. The van der Waals surface area contributed by atoms with Crippen molar-refractivity contribution in [1.82, 2.24) is 5.43 Å². The van der Waals surface area contributed by atoms with Crippen LogP contribution in [0.4, 0.5) is 5.69 Å². The zero-order valence-corrected chi connectivity index (χ0v) is 13.9. The highest BCUT2D eigenvalue weighted by Gasteiger charge is 2.02. The van der Waals surface area contributed by atoms with Crippen LogP contribution < -0.4 is 10.7 Å². The third-order valence-electron chi connectivity index (χ3n) is 3.78. The number of fused-ring (bicyclic) bond motifs is 1. The molecule has 0 spiro atoms. The number of phenolic OH excluding ortho intramolecular Hbond substituents is 1. The summed E-state index contributed by atoms with van der Waals surface area (Å²) >= 11 is 0. The molecule has 0 fully saturated rings. The van der Waals surface area contributed by atoms with Crippen molar-refractivity contribution in [2.45, 2.75) is 6.92 Å². The van der Waals surface area contributed by atoms with E-state index >= 15 is 0 Å². The van der Waals surface area contributed by atoms with Crippen LogP contribution in [-0.2, 0) is 4.79 Å². The molecule has 0 aliphatic carbocycles. The normalized spacial score (nSPS) is 10.9. The van der Waals surface area contributed by atoms with Gasteiger partial charge in [-0.05, 0) is 47.5 Å². The molecular formula is C20H19N3O2. The molecule has 0 aliphatic heterocycles. The molecule has 1 amide bonds. The summed E-state index contributed by atoms with van der Waals surface area (Å²) in [7, 11) is 0. The lowest BCUT2D eigenvalue weighted by Crippen LogP contribution is -2.25. The Kier molecular flexibility index (Phi) is 4.95. The van der Waals surface area contributed by atoms with E-state index in [2.05, 4.69) is 15.8 Å². The van der Waals surface area contributed by atoms with Crippen LogP contribution in [0, 0.1) is 6.92 Å². The van der Waals surface area contributed by atoms with Gasteiger partial charge in [-0.2, -0.15) is 5.10 Å². The number of aryl methyl sites for hydroxylation is 1. The number of carbonyl (C=O) groups excluding carboxylic acids is 1. The molecule has 0 aliphatic rings. The van der Waals surface area contributed by atoms with E-state index in [0.717, 1.165) is 22.0 Å². The summed E-state index contributed by atoms with van der Waals surface area (Å²) in [6, 6.07) is 19.2. The van der Waals surface area contributed by atoms with Gasteiger partial charge >= 0.3 is 0 Å². The largest absolute Gasteiger partial charge is 0.507 e. The lowest BCUT2D eigenvalue weighted by atomic mass is 10.1. The summed E-state index contributed by atoms with van der Waals surface area (Å²) in [5, 5.41) is 19.0. The van der Waals surface area contributed by atoms with Gasteiger partial charge < -0.3 is 10.4 Å². The standard InChI is InChI=1S/C20H19N3O2/c1-14-6-7-17(19(24)10-14)12-22-23-20(25)13-21-18-9-8-15-4-2-3-5-16(15)11-18/h2-12,21,24H,13H2,1H3,(H,23,25)/b22-12-. The highest BCUT2D eigenvalue weighted by atomic mass is 16.3. The van der Waals surface area contributed by atoms with Crippen LogP contribution in [0.1, 0.15) is 11.1 Å². The van der Waals surface area contributed by atoms with Crippen molar-refractivity contribution in [3.8, 4) is 5.75 Å². The maximum Gasteiger partial charge on any atom is 0.259 e. The Labute approximate surface area is 146 Å². The highest BCUT2D eigenvalue weighted by Crippen LogP contribution is 2.18. The molecule has 3 rings (SSSR count). The second-order valence-electron chi connectivity index (χ2n) is 5.77. The first-order valence-corrected chi connectivity index (χ1v) is 7.96. The average molecular weight is 333 g/mol. The first kappa shape index (κ1) is 16.5. The third kappa shape index (κ3) is 4.35. The van der Waals surface area contributed by atoms with Gasteiger partial charge in [0.05, 0.1) is 12.8 Å². The topological polar surface area (TPSA) is 73.7 Å². The van der Waals surface area contributed by atoms with E-state index in [1.54, 1.807) is 12.1 Å². The first-order valence-electron chi connectivity index (χ1n) is 7.96. The fraction of sp³-hybridized carbons (Fsp3) is 0.100. The van der Waals surface area contributed by atoms with Gasteiger partial charge in [-0.15, -0.1) is 0 Å². The Morgan fingerprint density at radius 3 is 2.68 bits per heavy atom. The molecule has 0 bridgehead atoms. The van der Waals surface area contributed by atoms with Crippen molar-refractivity contribution in [3.63, 3.8) is 0 Å². The summed E-state index contributed by atoms with van der Waals surface area (Å²) in [6.07, 6.45) is 1.42. The summed E-state index contributed by atoms with van der Waals surface area (Å²) in [6.45, 7) is 2.00. The quantitative estimate of drug-likeness (QED) is 0.495. The van der Waals surface area contributed by atoms with E-state index in [1.165, 1.54) is 6.21 Å². The zero-order chi connectivity index (χ0) is 17.6. The number of nitrogens with zero attached hydrogens (tertiary/aromatic N) is 1. The summed E-state index contributed by atoms with van der Waals surface area (Å²) in [5.41, 5.74) is 4.81. The van der Waals surface area contributed by atoms with E-state index in [0.29, 0.717) is 5.56 Å². The van der Waals surface area contributed by atoms with Gasteiger partial charge in [-0.1, -0.05) is 36.4 Å². The van der Waals surface area contributed by atoms with Gasteiger partial charge in [-0.25, -0.2) is 5.43 Å². The Hall–Kier alpha value is -3.34. The maximum absolute atomic E-state index is 11.9. The van der Waals surface area contributed by atoms with Crippen LogP contribution >= 0.6 is 0 Å². The number of rotatable bonds is 5. The van der Waals surface area contributed by atoms with Crippen LogP contribution in [0.25, 0.3) is 10.8 Å². The molecule has 0 unspecified atom stereocenters. The SMILES string of the molecule is Cc1ccc(/C=N\NC(=O)CNc2ccc3ccccc3c2)c(O)c1. The summed E-state index contributed by atoms with van der Waals surface area (Å²) in [4.78, 5) is 11.9. The number of benzene rings is 3. The number of amides is 1. The molecule has 5 nitrogen and oxygen atoms in total. The van der Waals surface area contributed by atoms with Crippen molar-refractivity contribution in [3.05, 3.63) is 71.8 Å². The Bertz CT molecular complexity index is 935. The average Bonchev–Trinajstić information content (AvgIpc) is 2.61. The Morgan fingerprint density at radius 1 is 1.08 bits per heavy atom. The summed E-state index contributed by atoms with van der Waals surface area (Å²) < 4.78 is 0. The number of carbonyl (C=O) groups is 1. The smallest absolute Gasteiger partial charge is 0.259 e.